The van der Waals surface area contributed by atoms with Gasteiger partial charge in [-0.1, -0.05) is 24.3 Å². The Kier molecular flexibility index (Phi) is 6.41. The highest BCUT2D eigenvalue weighted by atomic mass is 32.1. The molecule has 28 heavy (non-hydrogen) atoms. The molecular weight excluding hydrogens is 376 g/mol. The summed E-state index contributed by atoms with van der Waals surface area (Å²) in [7, 11) is 0. The third-order valence-electron chi connectivity index (χ3n) is 4.66. The van der Waals surface area contributed by atoms with Crippen LogP contribution in [-0.4, -0.2) is 40.7 Å². The van der Waals surface area contributed by atoms with E-state index in [-0.39, 0.29) is 30.2 Å². The quantitative estimate of drug-likeness (QED) is 0.747. The third kappa shape index (κ3) is 5.16. The van der Waals surface area contributed by atoms with Gasteiger partial charge in [-0.2, -0.15) is 0 Å². The Morgan fingerprint density at radius 1 is 1.29 bits per heavy atom. The van der Waals surface area contributed by atoms with E-state index in [4.69, 9.17) is 0 Å². The fourth-order valence-corrected chi connectivity index (χ4v) is 3.89. The van der Waals surface area contributed by atoms with Crippen molar-refractivity contribution in [1.29, 1.82) is 0 Å². The van der Waals surface area contributed by atoms with E-state index in [0.29, 0.717) is 18.1 Å². The number of thiazole rings is 1. The van der Waals surface area contributed by atoms with Crippen molar-refractivity contribution in [3.05, 3.63) is 35.2 Å². The summed E-state index contributed by atoms with van der Waals surface area (Å²) in [4.78, 5) is 41.1. The fourth-order valence-electron chi connectivity index (χ4n) is 3.15. The summed E-state index contributed by atoms with van der Waals surface area (Å²) in [6.07, 6.45) is 1.73. The highest BCUT2D eigenvalue weighted by Crippen LogP contribution is 2.26. The van der Waals surface area contributed by atoms with Gasteiger partial charge >= 0.3 is 0 Å². The van der Waals surface area contributed by atoms with E-state index in [1.165, 1.54) is 18.3 Å². The number of carbonyl (C=O) groups excluding carboxylic acids is 3. The molecule has 3 rings (SSSR count). The summed E-state index contributed by atoms with van der Waals surface area (Å²) in [6.45, 7) is 4.63. The second-order valence-electron chi connectivity index (χ2n) is 6.86. The van der Waals surface area contributed by atoms with Crippen LogP contribution in [0.3, 0.4) is 0 Å². The number of anilines is 1. The smallest absolute Gasteiger partial charge is 0.227 e. The molecule has 1 aliphatic heterocycles. The number of hydrogen-bond donors (Lipinski definition) is 2. The molecule has 1 aromatic carbocycles. The number of benzene rings is 1. The molecule has 2 aromatic rings. The topological polar surface area (TPSA) is 91.4 Å². The van der Waals surface area contributed by atoms with E-state index in [1.54, 1.807) is 4.90 Å². The Hall–Kier alpha value is -2.74. The second-order valence-corrected chi connectivity index (χ2v) is 7.72. The van der Waals surface area contributed by atoms with Crippen molar-refractivity contribution in [3.8, 4) is 11.3 Å². The Labute approximate surface area is 168 Å². The van der Waals surface area contributed by atoms with Crippen LogP contribution in [0.4, 0.5) is 5.13 Å². The minimum absolute atomic E-state index is 0.0562. The molecule has 8 heteroatoms. The number of amides is 3. The lowest BCUT2D eigenvalue weighted by Gasteiger charge is -2.14. The van der Waals surface area contributed by atoms with Crippen molar-refractivity contribution in [2.24, 2.45) is 0 Å². The van der Waals surface area contributed by atoms with Gasteiger partial charge in [0, 0.05) is 43.8 Å². The average Bonchev–Trinajstić information content (AvgIpc) is 3.28. The fraction of sp³-hybridized carbons (Fsp3) is 0.400. The number of hydrogen-bond acceptors (Lipinski definition) is 5. The van der Waals surface area contributed by atoms with Gasteiger partial charge in [0.25, 0.3) is 0 Å². The molecule has 148 valence electrons. The zero-order valence-corrected chi connectivity index (χ0v) is 16.8. The van der Waals surface area contributed by atoms with E-state index in [9.17, 15) is 14.4 Å². The Bertz CT molecular complexity index is 863. The molecule has 7 nitrogen and oxygen atoms in total. The lowest BCUT2D eigenvalue weighted by molar-refractivity contribution is -0.128. The van der Waals surface area contributed by atoms with Crippen LogP contribution in [0.15, 0.2) is 29.6 Å². The van der Waals surface area contributed by atoms with E-state index < -0.39 is 0 Å². The maximum absolute atomic E-state index is 12.1. The second kappa shape index (κ2) is 8.97. The van der Waals surface area contributed by atoms with Gasteiger partial charge in [-0.05, 0) is 18.9 Å². The summed E-state index contributed by atoms with van der Waals surface area (Å²) < 4.78 is 0. The van der Waals surface area contributed by atoms with Crippen LogP contribution in [0.1, 0.15) is 44.7 Å². The molecule has 0 aliphatic carbocycles. The van der Waals surface area contributed by atoms with Crippen LogP contribution in [0.5, 0.6) is 0 Å². The first-order valence-corrected chi connectivity index (χ1v) is 10.2. The summed E-state index contributed by atoms with van der Waals surface area (Å²) in [5.41, 5.74) is 2.74. The third-order valence-corrected chi connectivity index (χ3v) is 5.41. The van der Waals surface area contributed by atoms with Crippen molar-refractivity contribution < 1.29 is 14.4 Å². The van der Waals surface area contributed by atoms with Gasteiger partial charge in [0.15, 0.2) is 5.13 Å². The standard InChI is InChI=1S/C20H24N4O3S/c1-13(21-14(2)25)15-5-7-16(8-6-15)17-12-28-20(22-17)23-18(26)9-11-24-10-3-4-19(24)27/h5-8,12-13H,3-4,9-11H2,1-2H3,(H,21,25)(H,22,23,26). The van der Waals surface area contributed by atoms with Gasteiger partial charge in [0.05, 0.1) is 11.7 Å². The molecule has 3 amide bonds. The Morgan fingerprint density at radius 3 is 2.68 bits per heavy atom. The average molecular weight is 401 g/mol. The molecule has 1 aromatic heterocycles. The van der Waals surface area contributed by atoms with Gasteiger partial charge in [-0.3, -0.25) is 14.4 Å². The summed E-state index contributed by atoms with van der Waals surface area (Å²) in [5.74, 6) is -0.0776. The summed E-state index contributed by atoms with van der Waals surface area (Å²) in [6, 6.07) is 7.77. The van der Waals surface area contributed by atoms with Crippen LogP contribution in [0, 0.1) is 0 Å². The lowest BCUT2D eigenvalue weighted by Crippen LogP contribution is -2.28. The molecule has 1 fully saturated rings. The molecule has 1 atom stereocenters. The van der Waals surface area contributed by atoms with Crippen LogP contribution in [0.2, 0.25) is 0 Å². The highest BCUT2D eigenvalue weighted by molar-refractivity contribution is 7.14. The molecule has 2 N–H and O–H groups in total. The summed E-state index contributed by atoms with van der Waals surface area (Å²) >= 11 is 1.37. The van der Waals surface area contributed by atoms with Crippen molar-refractivity contribution in [3.63, 3.8) is 0 Å². The van der Waals surface area contributed by atoms with E-state index in [2.05, 4.69) is 15.6 Å². The minimum Gasteiger partial charge on any atom is -0.350 e. The first kappa shape index (κ1) is 20.0. The first-order valence-electron chi connectivity index (χ1n) is 9.33. The SMILES string of the molecule is CC(=O)NC(C)c1ccc(-c2csc(NC(=O)CCN3CCCC3=O)n2)cc1. The number of aromatic nitrogens is 1. The number of rotatable bonds is 7. The maximum atomic E-state index is 12.1. The minimum atomic E-state index is -0.139. The largest absolute Gasteiger partial charge is 0.350 e. The van der Waals surface area contributed by atoms with E-state index in [1.807, 2.05) is 36.6 Å². The Balaban J connectivity index is 1.55. The van der Waals surface area contributed by atoms with Gasteiger partial charge < -0.3 is 15.5 Å². The number of nitrogens with one attached hydrogen (secondary N) is 2. The van der Waals surface area contributed by atoms with Crippen molar-refractivity contribution in [2.45, 2.75) is 39.2 Å². The molecule has 0 bridgehead atoms. The molecular formula is C20H24N4O3S. The molecule has 1 unspecified atom stereocenters. The number of likely N-dealkylation sites (tertiary alicyclic amines) is 1. The molecule has 0 spiro atoms. The molecule has 0 radical (unpaired) electrons. The van der Waals surface area contributed by atoms with Crippen LogP contribution >= 0.6 is 11.3 Å². The molecule has 2 heterocycles. The lowest BCUT2D eigenvalue weighted by atomic mass is 10.1. The van der Waals surface area contributed by atoms with Gasteiger partial charge in [0.1, 0.15) is 0 Å². The Morgan fingerprint density at radius 2 is 2.04 bits per heavy atom. The van der Waals surface area contributed by atoms with Crippen LogP contribution < -0.4 is 10.6 Å². The van der Waals surface area contributed by atoms with Gasteiger partial charge in [0.2, 0.25) is 17.7 Å². The van der Waals surface area contributed by atoms with E-state index >= 15 is 0 Å². The van der Waals surface area contributed by atoms with Crippen molar-refractivity contribution >= 4 is 34.2 Å². The van der Waals surface area contributed by atoms with Gasteiger partial charge in [-0.15, -0.1) is 11.3 Å². The normalized spacial score (nSPS) is 14.8. The number of carbonyl (C=O) groups is 3. The highest BCUT2D eigenvalue weighted by Gasteiger charge is 2.20. The predicted molar refractivity (Wildman–Crippen MR) is 109 cm³/mol. The zero-order valence-electron chi connectivity index (χ0n) is 16.0. The monoisotopic (exact) mass is 400 g/mol. The van der Waals surface area contributed by atoms with Crippen LogP contribution in [0.25, 0.3) is 11.3 Å². The van der Waals surface area contributed by atoms with E-state index in [0.717, 1.165) is 29.8 Å². The molecule has 0 saturated carbocycles. The van der Waals surface area contributed by atoms with Crippen LogP contribution in [-0.2, 0) is 14.4 Å². The van der Waals surface area contributed by atoms with Crippen molar-refractivity contribution in [1.82, 2.24) is 15.2 Å². The molecule has 1 aliphatic rings. The molecule has 1 saturated heterocycles. The maximum Gasteiger partial charge on any atom is 0.227 e. The van der Waals surface area contributed by atoms with Gasteiger partial charge in [-0.25, -0.2) is 4.98 Å². The first-order chi connectivity index (χ1) is 13.4. The number of nitrogens with zero attached hydrogens (tertiary/aromatic N) is 2. The zero-order chi connectivity index (χ0) is 20.1. The van der Waals surface area contributed by atoms with Crippen molar-refractivity contribution in [2.75, 3.05) is 18.4 Å². The summed E-state index contributed by atoms with van der Waals surface area (Å²) in [5, 5.41) is 8.10. The predicted octanol–water partition coefficient (Wildman–Crippen LogP) is 2.96.